The lowest BCUT2D eigenvalue weighted by atomic mass is 10.1. The Hall–Kier alpha value is 0.250. The number of thiophene rings is 1. The van der Waals surface area contributed by atoms with E-state index in [0.717, 1.165) is 32.8 Å². The van der Waals surface area contributed by atoms with Gasteiger partial charge in [0.25, 0.3) is 0 Å². The van der Waals surface area contributed by atoms with Crippen molar-refractivity contribution in [1.82, 2.24) is 9.80 Å². The van der Waals surface area contributed by atoms with E-state index in [2.05, 4.69) is 69.6 Å². The lowest BCUT2D eigenvalue weighted by Gasteiger charge is -2.25. The maximum atomic E-state index is 12.4. The maximum Gasteiger partial charge on any atom is 0.178 e. The predicted molar refractivity (Wildman–Crippen MR) is 93.9 cm³/mol. The number of hydrogen-bond acceptors (Lipinski definition) is 4. The lowest BCUT2D eigenvalue weighted by molar-refractivity contribution is 0.0915. The highest BCUT2D eigenvalue weighted by Gasteiger charge is 2.18. The Morgan fingerprint density at radius 2 is 1.95 bits per heavy atom. The molecular formula is C14H22Br2N2OS. The van der Waals surface area contributed by atoms with Gasteiger partial charge in [-0.3, -0.25) is 9.69 Å². The summed E-state index contributed by atoms with van der Waals surface area (Å²) in [6.07, 6.45) is 0. The average molecular weight is 426 g/mol. The molecule has 1 aromatic rings. The van der Waals surface area contributed by atoms with Crippen molar-refractivity contribution in [3.63, 3.8) is 0 Å². The van der Waals surface area contributed by atoms with Gasteiger partial charge in [0.05, 0.1) is 14.1 Å². The van der Waals surface area contributed by atoms with Crippen molar-refractivity contribution in [2.45, 2.75) is 13.8 Å². The molecule has 1 aromatic heterocycles. The molecule has 3 nitrogen and oxygen atoms in total. The van der Waals surface area contributed by atoms with Gasteiger partial charge in [-0.1, -0.05) is 13.8 Å². The minimum Gasteiger partial charge on any atom is -0.308 e. The molecule has 0 amide bonds. The van der Waals surface area contributed by atoms with Crippen LogP contribution in [0.1, 0.15) is 24.2 Å². The van der Waals surface area contributed by atoms with E-state index in [1.807, 2.05) is 6.07 Å². The quantitative estimate of drug-likeness (QED) is 0.588. The van der Waals surface area contributed by atoms with E-state index in [1.165, 1.54) is 0 Å². The second-order valence-corrected chi connectivity index (χ2v) is 9.34. The van der Waals surface area contributed by atoms with Crippen molar-refractivity contribution in [2.24, 2.45) is 5.92 Å². The largest absolute Gasteiger partial charge is 0.308 e. The molecule has 0 aliphatic carbocycles. The molecule has 0 aliphatic rings. The molecule has 114 valence electrons. The van der Waals surface area contributed by atoms with Crippen LogP contribution in [0, 0.1) is 5.92 Å². The molecule has 0 spiro atoms. The summed E-state index contributed by atoms with van der Waals surface area (Å²) in [4.78, 5) is 16.8. The van der Waals surface area contributed by atoms with Crippen molar-refractivity contribution >= 4 is 49.0 Å². The van der Waals surface area contributed by atoms with Gasteiger partial charge in [0, 0.05) is 25.2 Å². The Bertz CT molecular complexity index is 446. The van der Waals surface area contributed by atoms with Gasteiger partial charge in [-0.25, -0.2) is 0 Å². The van der Waals surface area contributed by atoms with E-state index in [-0.39, 0.29) is 5.78 Å². The van der Waals surface area contributed by atoms with E-state index < -0.39 is 0 Å². The number of carbonyl (C=O) groups excluding carboxylic acids is 1. The van der Waals surface area contributed by atoms with Crippen LogP contribution in [0.15, 0.2) is 13.6 Å². The second-order valence-electron chi connectivity index (χ2n) is 5.59. The zero-order valence-electron chi connectivity index (χ0n) is 12.4. The third-order valence-electron chi connectivity index (χ3n) is 2.81. The smallest absolute Gasteiger partial charge is 0.178 e. The SMILES string of the molecule is CC(C)CN(CCN(C)C)CC(=O)c1cc(Br)sc1Br. The van der Waals surface area contributed by atoms with Crippen LogP contribution < -0.4 is 0 Å². The number of carbonyl (C=O) groups is 1. The first-order chi connectivity index (χ1) is 9.29. The summed E-state index contributed by atoms with van der Waals surface area (Å²) in [5.74, 6) is 0.737. The minimum absolute atomic E-state index is 0.179. The van der Waals surface area contributed by atoms with Crippen molar-refractivity contribution < 1.29 is 4.79 Å². The number of rotatable bonds is 8. The van der Waals surface area contributed by atoms with Crippen LogP contribution in [0.4, 0.5) is 0 Å². The minimum atomic E-state index is 0.179. The lowest BCUT2D eigenvalue weighted by Crippen LogP contribution is -2.37. The van der Waals surface area contributed by atoms with Crippen LogP contribution in [0.25, 0.3) is 0 Å². The number of nitrogens with zero attached hydrogens (tertiary/aromatic N) is 2. The monoisotopic (exact) mass is 424 g/mol. The number of hydrogen-bond donors (Lipinski definition) is 0. The topological polar surface area (TPSA) is 23.6 Å². The Kier molecular flexibility index (Phi) is 7.90. The third kappa shape index (κ3) is 6.35. The second kappa shape index (κ2) is 8.63. The molecule has 0 radical (unpaired) electrons. The summed E-state index contributed by atoms with van der Waals surface area (Å²) in [5, 5.41) is 0. The first kappa shape index (κ1) is 18.3. The van der Waals surface area contributed by atoms with Crippen LogP contribution in [0.3, 0.4) is 0 Å². The number of likely N-dealkylation sites (N-methyl/N-ethyl adjacent to an activating group) is 1. The van der Waals surface area contributed by atoms with Gasteiger partial charge in [-0.2, -0.15) is 0 Å². The van der Waals surface area contributed by atoms with Gasteiger partial charge >= 0.3 is 0 Å². The summed E-state index contributed by atoms with van der Waals surface area (Å²) in [6.45, 7) is 7.68. The Balaban J connectivity index is 2.68. The van der Waals surface area contributed by atoms with Gasteiger partial charge < -0.3 is 4.90 Å². The zero-order chi connectivity index (χ0) is 15.3. The number of ketones is 1. The molecule has 0 saturated carbocycles. The van der Waals surface area contributed by atoms with Crippen LogP contribution in [-0.2, 0) is 0 Å². The van der Waals surface area contributed by atoms with Crippen molar-refractivity contribution in [3.8, 4) is 0 Å². The fourth-order valence-electron chi connectivity index (χ4n) is 1.91. The van der Waals surface area contributed by atoms with Crippen LogP contribution in [-0.4, -0.2) is 55.9 Å². The molecule has 0 bridgehead atoms. The highest BCUT2D eigenvalue weighted by atomic mass is 79.9. The first-order valence-electron chi connectivity index (χ1n) is 6.64. The van der Waals surface area contributed by atoms with Gasteiger partial charge in [0.2, 0.25) is 0 Å². The molecule has 6 heteroatoms. The molecule has 20 heavy (non-hydrogen) atoms. The van der Waals surface area contributed by atoms with Gasteiger partial charge in [-0.15, -0.1) is 11.3 Å². The third-order valence-corrected chi connectivity index (χ3v) is 5.15. The Morgan fingerprint density at radius 1 is 1.30 bits per heavy atom. The van der Waals surface area contributed by atoms with Crippen LogP contribution >= 0.6 is 43.2 Å². The molecule has 0 aliphatic heterocycles. The molecule has 0 fully saturated rings. The molecule has 0 atom stereocenters. The molecule has 0 unspecified atom stereocenters. The number of halogens is 2. The number of Topliss-reactive ketones (excluding diaryl/α,β-unsaturated/α-hetero) is 1. The summed E-state index contributed by atoms with van der Waals surface area (Å²) in [5.41, 5.74) is 0.778. The van der Waals surface area contributed by atoms with Gasteiger partial charge in [0.1, 0.15) is 0 Å². The normalized spacial score (nSPS) is 11.8. The van der Waals surface area contributed by atoms with E-state index in [0.29, 0.717) is 12.5 Å². The van der Waals surface area contributed by atoms with Gasteiger partial charge in [0.15, 0.2) is 5.78 Å². The predicted octanol–water partition coefficient (Wildman–Crippen LogP) is 3.98. The van der Waals surface area contributed by atoms with Crippen LogP contribution in [0.2, 0.25) is 0 Å². The first-order valence-corrected chi connectivity index (χ1v) is 9.05. The molecule has 0 aromatic carbocycles. The van der Waals surface area contributed by atoms with Crippen molar-refractivity contribution in [1.29, 1.82) is 0 Å². The highest BCUT2D eigenvalue weighted by Crippen LogP contribution is 2.32. The fraction of sp³-hybridized carbons (Fsp3) is 0.643. The fourth-order valence-corrected chi connectivity index (χ4v) is 4.77. The standard InChI is InChI=1S/C14H22Br2N2OS/c1-10(2)8-18(6-5-17(3)4)9-12(19)11-7-13(15)20-14(11)16/h7,10H,5-6,8-9H2,1-4H3. The maximum absolute atomic E-state index is 12.4. The summed E-state index contributed by atoms with van der Waals surface area (Å²) in [7, 11) is 4.11. The van der Waals surface area contributed by atoms with Crippen molar-refractivity contribution in [3.05, 3.63) is 19.2 Å². The Morgan fingerprint density at radius 3 is 2.40 bits per heavy atom. The molecule has 1 heterocycles. The Labute approximate surface area is 142 Å². The zero-order valence-corrected chi connectivity index (χ0v) is 16.4. The molecular weight excluding hydrogens is 404 g/mol. The van der Waals surface area contributed by atoms with E-state index in [1.54, 1.807) is 11.3 Å². The highest BCUT2D eigenvalue weighted by molar-refractivity contribution is 9.12. The molecule has 0 saturated heterocycles. The van der Waals surface area contributed by atoms with Crippen LogP contribution in [0.5, 0.6) is 0 Å². The molecule has 0 N–H and O–H groups in total. The van der Waals surface area contributed by atoms with E-state index in [4.69, 9.17) is 0 Å². The summed E-state index contributed by atoms with van der Waals surface area (Å²) >= 11 is 8.43. The average Bonchev–Trinajstić information content (AvgIpc) is 2.64. The molecule has 1 rings (SSSR count). The van der Waals surface area contributed by atoms with Crippen molar-refractivity contribution in [2.75, 3.05) is 40.3 Å². The summed E-state index contributed by atoms with van der Waals surface area (Å²) < 4.78 is 1.89. The van der Waals surface area contributed by atoms with E-state index >= 15 is 0 Å². The van der Waals surface area contributed by atoms with E-state index in [9.17, 15) is 4.79 Å². The van der Waals surface area contributed by atoms with Gasteiger partial charge in [-0.05, 0) is 57.9 Å². The summed E-state index contributed by atoms with van der Waals surface area (Å²) in [6, 6.07) is 1.90.